The number of anilines is 1. The number of piperazine rings is 1. The van der Waals surface area contributed by atoms with Gasteiger partial charge in [0.1, 0.15) is 5.69 Å². The fourth-order valence-corrected chi connectivity index (χ4v) is 4.23. The predicted molar refractivity (Wildman–Crippen MR) is 138 cm³/mol. The summed E-state index contributed by atoms with van der Waals surface area (Å²) in [5.74, 6) is -4.68. The number of imidazole rings is 1. The highest BCUT2D eigenvalue weighted by Crippen LogP contribution is 2.26. The quantitative estimate of drug-likeness (QED) is 0.320. The Kier molecular flexibility index (Phi) is 9.94. The van der Waals surface area contributed by atoms with Crippen LogP contribution in [-0.2, 0) is 16.6 Å². The van der Waals surface area contributed by atoms with E-state index in [1.54, 1.807) is 10.9 Å². The number of hydrogen-bond acceptors (Lipinski definition) is 9. The Labute approximate surface area is 241 Å². The van der Waals surface area contributed by atoms with Gasteiger partial charge >= 0.3 is 24.3 Å². The smallest absolute Gasteiger partial charge is 0.475 e. The lowest BCUT2D eigenvalue weighted by atomic mass is 10.2. The molecular formula is C23H22F6N8O5S. The molecule has 4 aromatic heterocycles. The molecule has 1 aliphatic heterocycles. The zero-order valence-corrected chi connectivity index (χ0v) is 23.0. The lowest BCUT2D eigenvalue weighted by molar-refractivity contribution is -0.193. The van der Waals surface area contributed by atoms with Crippen molar-refractivity contribution < 1.29 is 50.9 Å². The summed E-state index contributed by atoms with van der Waals surface area (Å²) in [5.41, 5.74) is 3.33. The van der Waals surface area contributed by atoms with Crippen molar-refractivity contribution >= 4 is 40.6 Å². The summed E-state index contributed by atoms with van der Waals surface area (Å²) in [6.45, 7) is 4.59. The molecule has 1 saturated heterocycles. The third-order valence-electron chi connectivity index (χ3n) is 5.60. The van der Waals surface area contributed by atoms with Crippen LogP contribution in [0.15, 0.2) is 36.4 Å². The number of aromatic nitrogens is 6. The number of carbonyl (C=O) groups is 3. The molecule has 4 aromatic rings. The molecule has 0 radical (unpaired) electrons. The molecule has 232 valence electrons. The molecular weight excluding hydrogens is 614 g/mol. The van der Waals surface area contributed by atoms with Gasteiger partial charge in [0.15, 0.2) is 11.5 Å². The van der Waals surface area contributed by atoms with E-state index in [4.69, 9.17) is 19.8 Å². The van der Waals surface area contributed by atoms with Crippen LogP contribution in [0.4, 0.5) is 32.2 Å². The molecule has 0 aromatic carbocycles. The van der Waals surface area contributed by atoms with Crippen molar-refractivity contribution in [2.45, 2.75) is 19.3 Å². The van der Waals surface area contributed by atoms with Crippen molar-refractivity contribution in [2.75, 3.05) is 31.1 Å². The van der Waals surface area contributed by atoms with Crippen molar-refractivity contribution in [1.29, 1.82) is 0 Å². The Morgan fingerprint density at radius 3 is 1.98 bits per heavy atom. The normalized spacial score (nSPS) is 13.6. The lowest BCUT2D eigenvalue weighted by Crippen LogP contribution is -2.49. The molecule has 43 heavy (non-hydrogen) atoms. The van der Waals surface area contributed by atoms with Crippen LogP contribution in [0.5, 0.6) is 0 Å². The number of halogens is 6. The zero-order chi connectivity index (χ0) is 32.1. The Morgan fingerprint density at radius 2 is 1.51 bits per heavy atom. The van der Waals surface area contributed by atoms with Gasteiger partial charge in [-0.3, -0.25) is 13.9 Å². The highest BCUT2D eigenvalue weighted by molar-refractivity contribution is 7.09. The van der Waals surface area contributed by atoms with Gasteiger partial charge in [-0.25, -0.2) is 24.5 Å². The lowest BCUT2D eigenvalue weighted by Gasteiger charge is -2.35. The van der Waals surface area contributed by atoms with Crippen LogP contribution in [0.1, 0.15) is 15.5 Å². The second-order valence-electron chi connectivity index (χ2n) is 8.63. The van der Waals surface area contributed by atoms with Crippen molar-refractivity contribution in [2.24, 2.45) is 7.05 Å². The maximum Gasteiger partial charge on any atom is 0.490 e. The van der Waals surface area contributed by atoms with Gasteiger partial charge in [0.05, 0.1) is 23.1 Å². The predicted octanol–water partition coefficient (Wildman–Crippen LogP) is 3.12. The summed E-state index contributed by atoms with van der Waals surface area (Å²) in [6.07, 6.45) is -0.817. The van der Waals surface area contributed by atoms with E-state index in [-0.39, 0.29) is 5.91 Å². The Morgan fingerprint density at radius 1 is 0.930 bits per heavy atom. The van der Waals surface area contributed by atoms with E-state index >= 15 is 0 Å². The van der Waals surface area contributed by atoms with Crippen LogP contribution in [0.3, 0.4) is 0 Å². The van der Waals surface area contributed by atoms with Crippen LogP contribution >= 0.6 is 11.3 Å². The van der Waals surface area contributed by atoms with Crippen LogP contribution < -0.4 is 4.90 Å². The van der Waals surface area contributed by atoms with E-state index in [9.17, 15) is 31.1 Å². The Bertz CT molecular complexity index is 1570. The molecule has 1 aliphatic rings. The monoisotopic (exact) mass is 636 g/mol. The molecule has 0 unspecified atom stereocenters. The van der Waals surface area contributed by atoms with E-state index in [0.29, 0.717) is 31.9 Å². The second kappa shape index (κ2) is 13.0. The van der Waals surface area contributed by atoms with E-state index < -0.39 is 24.3 Å². The number of hydrogen-bond donors (Lipinski definition) is 2. The van der Waals surface area contributed by atoms with Gasteiger partial charge < -0.3 is 20.0 Å². The highest BCUT2D eigenvalue weighted by atomic mass is 32.1. The van der Waals surface area contributed by atoms with Crippen LogP contribution in [0.2, 0.25) is 0 Å². The van der Waals surface area contributed by atoms with Crippen molar-refractivity contribution in [3.05, 3.63) is 47.1 Å². The van der Waals surface area contributed by atoms with Crippen molar-refractivity contribution in [3.63, 3.8) is 0 Å². The number of carbonyl (C=O) groups excluding carboxylic acids is 1. The molecule has 5 heterocycles. The molecule has 0 bridgehead atoms. The Balaban J connectivity index is 0.000000303. The van der Waals surface area contributed by atoms with Crippen molar-refractivity contribution in [1.82, 2.24) is 34.0 Å². The summed E-state index contributed by atoms with van der Waals surface area (Å²) >= 11 is 1.50. The van der Waals surface area contributed by atoms with Gasteiger partial charge in [0, 0.05) is 62.8 Å². The van der Waals surface area contributed by atoms with E-state index in [2.05, 4.69) is 25.0 Å². The third-order valence-corrected chi connectivity index (χ3v) is 6.37. The molecule has 5 rings (SSSR count). The topological polar surface area (TPSA) is 159 Å². The first kappa shape index (κ1) is 32.8. The molecule has 0 atom stereocenters. The number of nitrogens with zero attached hydrogens (tertiary/aromatic N) is 8. The SMILES string of the molecule is Cc1nc(C(=O)N2CCN(c3nccn4c(-c5cnn(C)c5)cnc34)CC2)cs1.O=C(O)C(F)(F)F.O=C(O)C(F)(F)F. The first-order chi connectivity index (χ1) is 20.0. The second-order valence-corrected chi connectivity index (χ2v) is 9.69. The Hall–Kier alpha value is -4.75. The van der Waals surface area contributed by atoms with Crippen LogP contribution in [0, 0.1) is 6.92 Å². The number of aryl methyl sites for hydroxylation is 2. The minimum absolute atomic E-state index is 0.000146. The van der Waals surface area contributed by atoms with Crippen LogP contribution in [0.25, 0.3) is 16.9 Å². The largest absolute Gasteiger partial charge is 0.490 e. The standard InChI is InChI=1S/C19H20N8OS.2C2HF3O2/c1-13-23-15(12-29-13)19(28)26-7-5-25(6-8-26)17-18-21-10-16(27(18)4-3-20-17)14-9-22-24(2)11-14;2*3-2(4,5)1(6)7/h3-4,9-12H,5-8H2,1-2H3;2*(H,6,7). The van der Waals surface area contributed by atoms with E-state index in [1.165, 1.54) is 11.3 Å². The van der Waals surface area contributed by atoms with E-state index in [0.717, 1.165) is 27.7 Å². The highest BCUT2D eigenvalue weighted by Gasteiger charge is 2.39. The van der Waals surface area contributed by atoms with Gasteiger partial charge in [0.2, 0.25) is 0 Å². The minimum Gasteiger partial charge on any atom is -0.475 e. The van der Waals surface area contributed by atoms with Gasteiger partial charge in [0.25, 0.3) is 5.91 Å². The van der Waals surface area contributed by atoms with Gasteiger partial charge in [-0.1, -0.05) is 0 Å². The molecule has 1 fully saturated rings. The van der Waals surface area contributed by atoms with Gasteiger partial charge in [-0.15, -0.1) is 11.3 Å². The summed E-state index contributed by atoms with van der Waals surface area (Å²) in [7, 11) is 1.90. The van der Waals surface area contributed by atoms with Crippen LogP contribution in [-0.4, -0.2) is 101 Å². The summed E-state index contributed by atoms with van der Waals surface area (Å²) < 4.78 is 67.3. The summed E-state index contributed by atoms with van der Waals surface area (Å²) in [6, 6.07) is 0. The maximum absolute atomic E-state index is 12.6. The van der Waals surface area contributed by atoms with Gasteiger partial charge in [-0.05, 0) is 6.92 Å². The van der Waals surface area contributed by atoms with Crippen molar-refractivity contribution in [3.8, 4) is 11.3 Å². The first-order valence-electron chi connectivity index (χ1n) is 11.9. The maximum atomic E-state index is 12.6. The number of thiazole rings is 1. The number of amides is 1. The minimum atomic E-state index is -5.08. The molecule has 1 amide bonds. The first-order valence-corrected chi connectivity index (χ1v) is 12.7. The molecule has 0 saturated carbocycles. The number of alkyl halides is 6. The number of carboxylic acids is 2. The summed E-state index contributed by atoms with van der Waals surface area (Å²) in [5, 5.41) is 21.2. The molecule has 20 heteroatoms. The summed E-state index contributed by atoms with van der Waals surface area (Å²) in [4.78, 5) is 48.0. The number of fused-ring (bicyclic) bond motifs is 1. The number of aliphatic carboxylic acids is 2. The fourth-order valence-electron chi connectivity index (χ4n) is 3.64. The molecule has 0 aliphatic carbocycles. The van der Waals surface area contributed by atoms with E-state index in [1.807, 2.05) is 53.4 Å². The van der Waals surface area contributed by atoms with Gasteiger partial charge in [-0.2, -0.15) is 31.4 Å². The number of rotatable bonds is 3. The average molecular weight is 637 g/mol. The zero-order valence-electron chi connectivity index (χ0n) is 22.2. The average Bonchev–Trinajstić information content (AvgIpc) is 3.67. The molecule has 13 nitrogen and oxygen atoms in total. The third kappa shape index (κ3) is 8.40. The molecule has 2 N–H and O–H groups in total. The molecule has 0 spiro atoms. The fraction of sp³-hybridized carbons (Fsp3) is 0.348. The number of carboxylic acid groups (broad SMARTS) is 2.